The highest BCUT2D eigenvalue weighted by Crippen LogP contribution is 2.36. The Kier molecular flexibility index (Phi) is 3.70. The van der Waals surface area contributed by atoms with Crippen molar-refractivity contribution in [3.05, 3.63) is 0 Å². The summed E-state index contributed by atoms with van der Waals surface area (Å²) in [6.45, 7) is 12.5. The molecule has 2 fully saturated rings. The van der Waals surface area contributed by atoms with Crippen molar-refractivity contribution in [2.75, 3.05) is 26.2 Å². The van der Waals surface area contributed by atoms with Gasteiger partial charge in [-0.05, 0) is 59.0 Å². The van der Waals surface area contributed by atoms with Crippen LogP contribution in [0.4, 0.5) is 0 Å². The Bertz CT molecular complexity index is 315. The molecule has 2 N–H and O–H groups in total. The van der Waals surface area contributed by atoms with Gasteiger partial charge in [-0.2, -0.15) is 0 Å². The van der Waals surface area contributed by atoms with Crippen LogP contribution in [0.1, 0.15) is 40.5 Å². The van der Waals surface area contributed by atoms with E-state index in [1.54, 1.807) is 0 Å². The van der Waals surface area contributed by atoms with Crippen molar-refractivity contribution in [1.82, 2.24) is 15.5 Å². The summed E-state index contributed by atoms with van der Waals surface area (Å²) < 4.78 is 0. The molecule has 4 nitrogen and oxygen atoms in total. The summed E-state index contributed by atoms with van der Waals surface area (Å²) >= 11 is 0. The van der Waals surface area contributed by atoms with Crippen molar-refractivity contribution in [2.45, 2.75) is 52.1 Å². The van der Waals surface area contributed by atoms with Gasteiger partial charge in [0.1, 0.15) is 0 Å². The van der Waals surface area contributed by atoms with Crippen LogP contribution in [0.25, 0.3) is 0 Å². The van der Waals surface area contributed by atoms with Crippen LogP contribution in [0, 0.1) is 5.41 Å². The molecule has 2 saturated heterocycles. The normalized spacial score (nSPS) is 30.9. The first-order chi connectivity index (χ1) is 8.31. The number of rotatable bonds is 2. The van der Waals surface area contributed by atoms with Crippen LogP contribution in [-0.2, 0) is 4.79 Å². The molecule has 2 aliphatic rings. The van der Waals surface area contributed by atoms with Crippen LogP contribution in [0.2, 0.25) is 0 Å². The predicted octanol–water partition coefficient (Wildman–Crippen LogP) is 0.975. The Labute approximate surface area is 110 Å². The van der Waals surface area contributed by atoms with Gasteiger partial charge in [0, 0.05) is 18.6 Å². The molecule has 1 amide bonds. The Hall–Kier alpha value is -0.610. The molecular weight excluding hydrogens is 226 g/mol. The van der Waals surface area contributed by atoms with E-state index in [0.717, 1.165) is 26.2 Å². The second-order valence-corrected chi connectivity index (χ2v) is 7.06. The minimum atomic E-state index is -0.141. The first-order valence-corrected chi connectivity index (χ1v) is 7.08. The minimum absolute atomic E-state index is 0.0100. The Morgan fingerprint density at radius 3 is 2.67 bits per heavy atom. The number of amides is 1. The SMILES string of the molecule is CC(C(=O)NC(C)(C)C)N1CCC2(CCNC2)C1. The maximum Gasteiger partial charge on any atom is 0.237 e. The molecule has 0 aromatic rings. The molecule has 0 aromatic carbocycles. The summed E-state index contributed by atoms with van der Waals surface area (Å²) in [6, 6.07) is -0.0100. The minimum Gasteiger partial charge on any atom is -0.350 e. The number of carbonyl (C=O) groups is 1. The molecule has 0 radical (unpaired) electrons. The highest BCUT2D eigenvalue weighted by molar-refractivity contribution is 5.82. The smallest absolute Gasteiger partial charge is 0.237 e. The highest BCUT2D eigenvalue weighted by Gasteiger charge is 2.42. The van der Waals surface area contributed by atoms with E-state index in [-0.39, 0.29) is 17.5 Å². The van der Waals surface area contributed by atoms with Gasteiger partial charge in [-0.1, -0.05) is 0 Å². The van der Waals surface area contributed by atoms with E-state index >= 15 is 0 Å². The third kappa shape index (κ3) is 3.04. The Morgan fingerprint density at radius 1 is 1.39 bits per heavy atom. The van der Waals surface area contributed by atoms with Crippen molar-refractivity contribution >= 4 is 5.91 Å². The van der Waals surface area contributed by atoms with Gasteiger partial charge in [0.05, 0.1) is 6.04 Å². The Balaban J connectivity index is 1.90. The van der Waals surface area contributed by atoms with E-state index in [0.29, 0.717) is 5.41 Å². The van der Waals surface area contributed by atoms with Gasteiger partial charge in [0.15, 0.2) is 0 Å². The molecular formula is C14H27N3O. The average molecular weight is 253 g/mol. The largest absolute Gasteiger partial charge is 0.350 e. The van der Waals surface area contributed by atoms with Crippen LogP contribution < -0.4 is 10.6 Å². The van der Waals surface area contributed by atoms with E-state index in [9.17, 15) is 4.79 Å². The average Bonchev–Trinajstić information content (AvgIpc) is 2.86. The van der Waals surface area contributed by atoms with Crippen molar-refractivity contribution < 1.29 is 4.79 Å². The predicted molar refractivity (Wildman–Crippen MR) is 73.5 cm³/mol. The summed E-state index contributed by atoms with van der Waals surface area (Å²) in [6.07, 6.45) is 2.49. The zero-order chi connectivity index (χ0) is 13.4. The molecule has 2 heterocycles. The highest BCUT2D eigenvalue weighted by atomic mass is 16.2. The van der Waals surface area contributed by atoms with Gasteiger partial charge in [0.25, 0.3) is 0 Å². The summed E-state index contributed by atoms with van der Waals surface area (Å²) in [5, 5.41) is 6.53. The number of likely N-dealkylation sites (tertiary alicyclic amines) is 1. The molecule has 0 saturated carbocycles. The van der Waals surface area contributed by atoms with Gasteiger partial charge in [-0.15, -0.1) is 0 Å². The third-order valence-electron chi connectivity index (χ3n) is 4.23. The van der Waals surface area contributed by atoms with Crippen LogP contribution in [-0.4, -0.2) is 48.6 Å². The molecule has 2 aliphatic heterocycles. The van der Waals surface area contributed by atoms with Crippen molar-refractivity contribution in [1.29, 1.82) is 0 Å². The lowest BCUT2D eigenvalue weighted by atomic mass is 9.86. The van der Waals surface area contributed by atoms with E-state index in [2.05, 4.69) is 15.5 Å². The molecule has 0 bridgehead atoms. The summed E-state index contributed by atoms with van der Waals surface area (Å²) in [7, 11) is 0. The fourth-order valence-electron chi connectivity index (χ4n) is 3.08. The van der Waals surface area contributed by atoms with Gasteiger partial charge >= 0.3 is 0 Å². The van der Waals surface area contributed by atoms with Crippen LogP contribution in [0.3, 0.4) is 0 Å². The molecule has 4 heteroatoms. The van der Waals surface area contributed by atoms with E-state index in [1.807, 2.05) is 27.7 Å². The van der Waals surface area contributed by atoms with Gasteiger partial charge in [0.2, 0.25) is 5.91 Å². The molecule has 1 spiro atoms. The van der Waals surface area contributed by atoms with Crippen LogP contribution in [0.15, 0.2) is 0 Å². The monoisotopic (exact) mass is 253 g/mol. The molecule has 0 aromatic heterocycles. The summed E-state index contributed by atoms with van der Waals surface area (Å²) in [5.74, 6) is 0.158. The third-order valence-corrected chi connectivity index (χ3v) is 4.23. The molecule has 0 aliphatic carbocycles. The number of nitrogens with zero attached hydrogens (tertiary/aromatic N) is 1. The fourth-order valence-corrected chi connectivity index (χ4v) is 3.08. The van der Waals surface area contributed by atoms with Crippen molar-refractivity contribution in [3.8, 4) is 0 Å². The number of nitrogens with one attached hydrogen (secondary N) is 2. The first kappa shape index (κ1) is 13.8. The van der Waals surface area contributed by atoms with Crippen LogP contribution in [0.5, 0.6) is 0 Å². The standard InChI is InChI=1S/C14H27N3O/c1-11(12(18)16-13(2,3)4)17-8-6-14(10-17)5-7-15-9-14/h11,15H,5-10H2,1-4H3,(H,16,18). The van der Waals surface area contributed by atoms with Crippen molar-refractivity contribution in [2.24, 2.45) is 5.41 Å². The first-order valence-electron chi connectivity index (χ1n) is 7.08. The molecule has 104 valence electrons. The lowest BCUT2D eigenvalue weighted by molar-refractivity contribution is -0.127. The number of hydrogen-bond acceptors (Lipinski definition) is 3. The van der Waals surface area contributed by atoms with E-state index in [4.69, 9.17) is 0 Å². The quantitative estimate of drug-likeness (QED) is 0.771. The van der Waals surface area contributed by atoms with Crippen molar-refractivity contribution in [3.63, 3.8) is 0 Å². The lowest BCUT2D eigenvalue weighted by Gasteiger charge is -2.29. The zero-order valence-electron chi connectivity index (χ0n) is 12.2. The topological polar surface area (TPSA) is 44.4 Å². The second-order valence-electron chi connectivity index (χ2n) is 7.06. The molecule has 18 heavy (non-hydrogen) atoms. The maximum atomic E-state index is 12.2. The van der Waals surface area contributed by atoms with Gasteiger partial charge in [-0.25, -0.2) is 0 Å². The number of carbonyl (C=O) groups excluding carboxylic acids is 1. The van der Waals surface area contributed by atoms with Crippen LogP contribution >= 0.6 is 0 Å². The summed E-state index contributed by atoms with van der Waals surface area (Å²) in [4.78, 5) is 14.5. The van der Waals surface area contributed by atoms with E-state index < -0.39 is 0 Å². The zero-order valence-corrected chi connectivity index (χ0v) is 12.2. The van der Waals surface area contributed by atoms with Gasteiger partial charge in [-0.3, -0.25) is 9.69 Å². The Morgan fingerprint density at radius 2 is 2.11 bits per heavy atom. The molecule has 2 unspecified atom stereocenters. The van der Waals surface area contributed by atoms with E-state index in [1.165, 1.54) is 12.8 Å². The summed E-state index contributed by atoms with van der Waals surface area (Å²) in [5.41, 5.74) is 0.300. The van der Waals surface area contributed by atoms with Gasteiger partial charge < -0.3 is 10.6 Å². The maximum absolute atomic E-state index is 12.2. The second kappa shape index (κ2) is 4.82. The fraction of sp³-hybridized carbons (Fsp3) is 0.929. The molecule has 2 rings (SSSR count). The number of hydrogen-bond donors (Lipinski definition) is 2. The lowest BCUT2D eigenvalue weighted by Crippen LogP contribution is -2.50. The molecule has 2 atom stereocenters.